The van der Waals surface area contributed by atoms with Gasteiger partial charge in [-0.1, -0.05) is 30.3 Å². The molecule has 0 atom stereocenters. The molecule has 1 aromatic heterocycles. The van der Waals surface area contributed by atoms with E-state index < -0.39 is 0 Å². The summed E-state index contributed by atoms with van der Waals surface area (Å²) in [5, 5.41) is 8.16. The maximum absolute atomic E-state index is 7.54. The van der Waals surface area contributed by atoms with Gasteiger partial charge in [0.15, 0.2) is 4.34 Å². The molecule has 0 saturated heterocycles. The molecule has 7 heteroatoms. The minimum atomic E-state index is 0.0226. The van der Waals surface area contributed by atoms with Gasteiger partial charge in [-0.05, 0) is 29.7 Å². The Labute approximate surface area is 118 Å². The third-order valence-corrected chi connectivity index (χ3v) is 4.28. The molecule has 0 aliphatic carbocycles. The molecule has 4 nitrogen and oxygen atoms in total. The Bertz CT molecular complexity index is 582. The van der Waals surface area contributed by atoms with Crippen molar-refractivity contribution in [3.8, 4) is 0 Å². The number of aryl methyl sites for hydroxylation is 1. The number of nitrogens with zero attached hydrogens (tertiary/aromatic N) is 2. The Morgan fingerprint density at radius 2 is 2.33 bits per heavy atom. The third-order valence-electron chi connectivity index (χ3n) is 2.20. The van der Waals surface area contributed by atoms with Crippen LogP contribution in [0, 0.1) is 5.41 Å². The second-order valence-electron chi connectivity index (χ2n) is 3.49. The Kier molecular flexibility index (Phi) is 4.21. The van der Waals surface area contributed by atoms with E-state index in [0.717, 1.165) is 21.5 Å². The molecule has 1 heterocycles. The number of nitrogens with two attached hydrogens (primary N) is 1. The fourth-order valence-corrected chi connectivity index (χ4v) is 3.40. The molecule has 2 aromatic rings. The van der Waals surface area contributed by atoms with E-state index in [1.54, 1.807) is 18.2 Å². The van der Waals surface area contributed by atoms with Crippen molar-refractivity contribution in [1.29, 1.82) is 5.41 Å². The summed E-state index contributed by atoms with van der Waals surface area (Å²) in [6.07, 6.45) is 0.812. The highest BCUT2D eigenvalue weighted by Gasteiger charge is 2.11. The largest absolute Gasteiger partial charge is 0.384 e. The van der Waals surface area contributed by atoms with E-state index in [2.05, 4.69) is 9.36 Å². The number of benzene rings is 1. The van der Waals surface area contributed by atoms with Gasteiger partial charge >= 0.3 is 0 Å². The summed E-state index contributed by atoms with van der Waals surface area (Å²) in [6, 6.07) is 5.25. The minimum Gasteiger partial charge on any atom is -0.384 e. The van der Waals surface area contributed by atoms with Gasteiger partial charge in [-0.2, -0.15) is 4.37 Å². The lowest BCUT2D eigenvalue weighted by Gasteiger charge is -2.06. The lowest BCUT2D eigenvalue weighted by Crippen LogP contribution is -2.12. The van der Waals surface area contributed by atoms with E-state index >= 15 is 0 Å². The van der Waals surface area contributed by atoms with Crippen LogP contribution >= 0.6 is 34.9 Å². The van der Waals surface area contributed by atoms with Crippen LogP contribution in [0.25, 0.3) is 0 Å². The van der Waals surface area contributed by atoms with Crippen LogP contribution in [0.5, 0.6) is 0 Å². The van der Waals surface area contributed by atoms with Crippen molar-refractivity contribution >= 4 is 40.7 Å². The number of rotatable bonds is 4. The highest BCUT2D eigenvalue weighted by Crippen LogP contribution is 2.33. The van der Waals surface area contributed by atoms with Crippen molar-refractivity contribution in [2.24, 2.45) is 5.73 Å². The molecule has 94 valence electrons. The summed E-state index contributed by atoms with van der Waals surface area (Å²) in [7, 11) is 0. The van der Waals surface area contributed by atoms with Crippen molar-refractivity contribution < 1.29 is 0 Å². The minimum absolute atomic E-state index is 0.0226. The van der Waals surface area contributed by atoms with Crippen LogP contribution in [0.3, 0.4) is 0 Å². The summed E-state index contributed by atoms with van der Waals surface area (Å²) in [4.78, 5) is 5.20. The van der Waals surface area contributed by atoms with Gasteiger partial charge in [0.2, 0.25) is 0 Å². The fraction of sp³-hybridized carbons (Fsp3) is 0.182. The van der Waals surface area contributed by atoms with Crippen LogP contribution in [-0.4, -0.2) is 15.2 Å². The van der Waals surface area contributed by atoms with E-state index in [4.69, 9.17) is 22.7 Å². The second-order valence-corrected chi connectivity index (χ2v) is 5.96. The average Bonchev–Trinajstić information content (AvgIpc) is 2.76. The molecular weight excluding hydrogens is 288 g/mol. The van der Waals surface area contributed by atoms with Crippen LogP contribution in [0.4, 0.5) is 0 Å². The smallest absolute Gasteiger partial charge is 0.174 e. The zero-order valence-electron chi connectivity index (χ0n) is 9.61. The average molecular weight is 299 g/mol. The molecule has 0 radical (unpaired) electrons. The number of halogens is 1. The molecule has 0 fully saturated rings. The predicted octanol–water partition coefficient (Wildman–Crippen LogP) is 3.19. The van der Waals surface area contributed by atoms with Crippen LogP contribution in [0.15, 0.2) is 27.4 Å². The molecule has 18 heavy (non-hydrogen) atoms. The van der Waals surface area contributed by atoms with Gasteiger partial charge in [0.25, 0.3) is 0 Å². The summed E-state index contributed by atoms with van der Waals surface area (Å²) < 4.78 is 5.05. The molecule has 0 aliphatic rings. The SMILES string of the molecule is CCc1nsc(Sc2cc(Cl)ccc2C(=N)N)n1. The number of nitrogens with one attached hydrogen (secondary N) is 1. The molecule has 2 rings (SSSR count). The van der Waals surface area contributed by atoms with Gasteiger partial charge in [-0.25, -0.2) is 4.98 Å². The van der Waals surface area contributed by atoms with Gasteiger partial charge in [0, 0.05) is 21.9 Å². The van der Waals surface area contributed by atoms with E-state index in [1.807, 2.05) is 6.92 Å². The highest BCUT2D eigenvalue weighted by atomic mass is 35.5. The maximum atomic E-state index is 7.54. The van der Waals surface area contributed by atoms with Crippen LogP contribution in [-0.2, 0) is 6.42 Å². The molecule has 1 aromatic carbocycles. The van der Waals surface area contributed by atoms with Gasteiger partial charge in [0.05, 0.1) is 0 Å². The topological polar surface area (TPSA) is 75.7 Å². The van der Waals surface area contributed by atoms with E-state index in [1.165, 1.54) is 23.3 Å². The number of hydrogen-bond acceptors (Lipinski definition) is 5. The van der Waals surface area contributed by atoms with Gasteiger partial charge < -0.3 is 5.73 Å². The molecule has 0 aliphatic heterocycles. The first kappa shape index (κ1) is 13.3. The van der Waals surface area contributed by atoms with Crippen molar-refractivity contribution in [1.82, 2.24) is 9.36 Å². The summed E-state index contributed by atoms with van der Waals surface area (Å²) >= 11 is 8.74. The number of nitrogen functional groups attached to an aromatic ring is 1. The lowest BCUT2D eigenvalue weighted by atomic mass is 10.2. The molecule has 0 saturated carbocycles. The zero-order valence-corrected chi connectivity index (χ0v) is 12.0. The number of hydrogen-bond donors (Lipinski definition) is 2. The van der Waals surface area contributed by atoms with Gasteiger partial charge in [-0.15, -0.1) is 0 Å². The van der Waals surface area contributed by atoms with Crippen molar-refractivity contribution in [3.05, 3.63) is 34.6 Å². The predicted molar refractivity (Wildman–Crippen MR) is 75.9 cm³/mol. The first-order chi connectivity index (χ1) is 8.60. The Hall–Kier alpha value is -1.11. The number of aromatic nitrogens is 2. The lowest BCUT2D eigenvalue weighted by molar-refractivity contribution is 0.971. The monoisotopic (exact) mass is 298 g/mol. The molecule has 0 amide bonds. The quantitative estimate of drug-likeness (QED) is 0.671. The standard InChI is InChI=1S/C11H11ClN4S2/c1-2-9-15-11(18-16-9)17-8-5-6(12)3-4-7(8)10(13)14/h3-5H,2H2,1H3,(H3,13,14). The summed E-state index contributed by atoms with van der Waals surface area (Å²) in [5.41, 5.74) is 6.21. The Morgan fingerprint density at radius 3 is 2.94 bits per heavy atom. The van der Waals surface area contributed by atoms with Gasteiger partial charge in [-0.3, -0.25) is 5.41 Å². The van der Waals surface area contributed by atoms with E-state index in [-0.39, 0.29) is 5.84 Å². The van der Waals surface area contributed by atoms with E-state index in [9.17, 15) is 0 Å². The zero-order chi connectivity index (χ0) is 13.1. The fourth-order valence-electron chi connectivity index (χ4n) is 1.32. The Balaban J connectivity index is 2.32. The first-order valence-corrected chi connectivity index (χ1v) is 7.21. The van der Waals surface area contributed by atoms with Crippen LogP contribution in [0.2, 0.25) is 5.02 Å². The highest BCUT2D eigenvalue weighted by molar-refractivity contribution is 8.01. The van der Waals surface area contributed by atoms with Crippen LogP contribution < -0.4 is 5.73 Å². The Morgan fingerprint density at radius 1 is 1.56 bits per heavy atom. The second kappa shape index (κ2) is 5.69. The summed E-state index contributed by atoms with van der Waals surface area (Å²) in [6.45, 7) is 2.01. The normalized spacial score (nSPS) is 10.6. The molecule has 0 unspecified atom stereocenters. The third kappa shape index (κ3) is 3.01. The molecule has 0 bridgehead atoms. The molecular formula is C11H11ClN4S2. The van der Waals surface area contributed by atoms with E-state index in [0.29, 0.717) is 10.6 Å². The van der Waals surface area contributed by atoms with Crippen LogP contribution in [0.1, 0.15) is 18.3 Å². The van der Waals surface area contributed by atoms with Gasteiger partial charge in [0.1, 0.15) is 11.7 Å². The molecule has 3 N–H and O–H groups in total. The number of amidine groups is 1. The van der Waals surface area contributed by atoms with Crippen molar-refractivity contribution in [2.45, 2.75) is 22.6 Å². The summed E-state index contributed by atoms with van der Waals surface area (Å²) in [5.74, 6) is 0.850. The van der Waals surface area contributed by atoms with Crippen molar-refractivity contribution in [2.75, 3.05) is 0 Å². The first-order valence-electron chi connectivity index (χ1n) is 5.24. The maximum Gasteiger partial charge on any atom is 0.174 e. The van der Waals surface area contributed by atoms with Crippen molar-refractivity contribution in [3.63, 3.8) is 0 Å². The molecule has 0 spiro atoms.